The number of nitrogens with one attached hydrogen (secondary N) is 1. The van der Waals surface area contributed by atoms with Crippen molar-refractivity contribution in [1.29, 1.82) is 0 Å². The number of hydrogen-bond donors (Lipinski definition) is 1. The Bertz CT molecular complexity index is 681. The predicted molar refractivity (Wildman–Crippen MR) is 99.3 cm³/mol. The Hall–Kier alpha value is -1.47. The third-order valence-electron chi connectivity index (χ3n) is 6.12. The molecule has 1 aromatic rings. The molecule has 6 nitrogen and oxygen atoms in total. The molecule has 2 heterocycles. The maximum atomic E-state index is 13.0. The summed E-state index contributed by atoms with van der Waals surface area (Å²) in [4.78, 5) is 32.4. The second-order valence-electron chi connectivity index (χ2n) is 7.88. The van der Waals surface area contributed by atoms with Crippen LogP contribution in [0.1, 0.15) is 53.0 Å². The molecule has 26 heavy (non-hydrogen) atoms. The minimum Gasteiger partial charge on any atom is -0.379 e. The Morgan fingerprint density at radius 2 is 1.92 bits per heavy atom. The van der Waals surface area contributed by atoms with Crippen LogP contribution in [-0.4, -0.2) is 54.0 Å². The van der Waals surface area contributed by atoms with Crippen molar-refractivity contribution >= 4 is 23.2 Å². The summed E-state index contributed by atoms with van der Waals surface area (Å²) in [7, 11) is 1.71. The molecule has 1 aromatic heterocycles. The van der Waals surface area contributed by atoms with Crippen LogP contribution in [0.2, 0.25) is 0 Å². The molecule has 4 rings (SSSR count). The first-order chi connectivity index (χ1) is 12.5. The normalized spacial score (nSPS) is 30.6. The van der Waals surface area contributed by atoms with Crippen molar-refractivity contribution in [3.05, 3.63) is 15.6 Å². The Labute approximate surface area is 158 Å². The Kier molecular flexibility index (Phi) is 5.01. The molecular weight excluding hydrogens is 350 g/mol. The first kappa shape index (κ1) is 17.9. The van der Waals surface area contributed by atoms with Crippen molar-refractivity contribution in [3.8, 4) is 0 Å². The SMILES string of the molecule is CO[C@@H]1C[C@H]2CN(C(=O)c3nc4c(s3)CCCC4)C[C@H]2C[C@H]1NC(C)=O. The van der Waals surface area contributed by atoms with E-state index in [1.54, 1.807) is 25.4 Å². The van der Waals surface area contributed by atoms with Crippen molar-refractivity contribution in [2.75, 3.05) is 20.2 Å². The van der Waals surface area contributed by atoms with Gasteiger partial charge in [-0.15, -0.1) is 11.3 Å². The molecule has 0 spiro atoms. The largest absolute Gasteiger partial charge is 0.379 e. The number of ether oxygens (including phenoxy) is 1. The van der Waals surface area contributed by atoms with Gasteiger partial charge < -0.3 is 15.0 Å². The van der Waals surface area contributed by atoms with E-state index in [0.29, 0.717) is 16.8 Å². The van der Waals surface area contributed by atoms with Gasteiger partial charge in [-0.05, 0) is 50.4 Å². The summed E-state index contributed by atoms with van der Waals surface area (Å²) < 4.78 is 5.62. The summed E-state index contributed by atoms with van der Waals surface area (Å²) in [6.07, 6.45) is 6.27. The number of aromatic nitrogens is 1. The molecule has 7 heteroatoms. The third-order valence-corrected chi connectivity index (χ3v) is 7.27. The first-order valence-electron chi connectivity index (χ1n) is 9.63. The number of carbonyl (C=O) groups excluding carboxylic acids is 2. The molecule has 4 atom stereocenters. The van der Waals surface area contributed by atoms with Gasteiger partial charge in [0.1, 0.15) is 0 Å². The lowest BCUT2D eigenvalue weighted by atomic mass is 9.77. The lowest BCUT2D eigenvalue weighted by molar-refractivity contribution is -0.121. The summed E-state index contributed by atoms with van der Waals surface area (Å²) >= 11 is 1.59. The summed E-state index contributed by atoms with van der Waals surface area (Å²) in [5.41, 5.74) is 1.14. The van der Waals surface area contributed by atoms with Gasteiger partial charge in [-0.1, -0.05) is 0 Å². The maximum Gasteiger partial charge on any atom is 0.282 e. The van der Waals surface area contributed by atoms with E-state index in [1.165, 1.54) is 17.7 Å². The molecule has 0 unspecified atom stereocenters. The van der Waals surface area contributed by atoms with Gasteiger partial charge in [-0.3, -0.25) is 9.59 Å². The van der Waals surface area contributed by atoms with E-state index in [0.717, 1.165) is 44.5 Å². The number of nitrogens with zero attached hydrogens (tertiary/aromatic N) is 2. The fourth-order valence-electron chi connectivity index (χ4n) is 4.83. The molecule has 1 saturated carbocycles. The molecule has 3 aliphatic rings. The van der Waals surface area contributed by atoms with E-state index in [9.17, 15) is 9.59 Å². The van der Waals surface area contributed by atoms with Gasteiger partial charge in [-0.25, -0.2) is 4.98 Å². The van der Waals surface area contributed by atoms with Gasteiger partial charge in [0, 0.05) is 32.0 Å². The topological polar surface area (TPSA) is 71.5 Å². The van der Waals surface area contributed by atoms with Crippen LogP contribution in [-0.2, 0) is 22.4 Å². The number of methoxy groups -OCH3 is 1. The highest BCUT2D eigenvalue weighted by Gasteiger charge is 2.44. The number of carbonyl (C=O) groups is 2. The van der Waals surface area contributed by atoms with Crippen LogP contribution in [0, 0.1) is 11.8 Å². The molecule has 1 N–H and O–H groups in total. The van der Waals surface area contributed by atoms with E-state index in [-0.39, 0.29) is 24.0 Å². The predicted octanol–water partition coefficient (Wildman–Crippen LogP) is 2.02. The summed E-state index contributed by atoms with van der Waals surface area (Å²) in [6, 6.07) is 0.0426. The minimum absolute atomic E-state index is 0.0187. The molecule has 0 bridgehead atoms. The number of likely N-dealkylation sites (tertiary alicyclic amines) is 1. The van der Waals surface area contributed by atoms with Crippen LogP contribution in [0.4, 0.5) is 0 Å². The van der Waals surface area contributed by atoms with Crippen LogP contribution in [0.5, 0.6) is 0 Å². The number of aryl methyl sites for hydroxylation is 2. The Morgan fingerprint density at radius 1 is 1.19 bits per heavy atom. The smallest absolute Gasteiger partial charge is 0.282 e. The summed E-state index contributed by atoms with van der Waals surface area (Å²) in [5, 5.41) is 3.69. The van der Waals surface area contributed by atoms with E-state index in [2.05, 4.69) is 10.3 Å². The van der Waals surface area contributed by atoms with E-state index in [4.69, 9.17) is 4.74 Å². The molecule has 1 saturated heterocycles. The van der Waals surface area contributed by atoms with Crippen LogP contribution in [0.15, 0.2) is 0 Å². The number of amides is 2. The van der Waals surface area contributed by atoms with E-state index < -0.39 is 0 Å². The molecule has 2 aliphatic carbocycles. The molecule has 2 amide bonds. The van der Waals surface area contributed by atoms with Gasteiger partial charge in [0.2, 0.25) is 5.91 Å². The third kappa shape index (κ3) is 3.39. The lowest BCUT2D eigenvalue weighted by Crippen LogP contribution is -2.49. The van der Waals surface area contributed by atoms with Crippen molar-refractivity contribution in [2.45, 2.75) is 57.6 Å². The Balaban J connectivity index is 1.45. The average molecular weight is 378 g/mol. The van der Waals surface area contributed by atoms with Crippen molar-refractivity contribution in [3.63, 3.8) is 0 Å². The maximum absolute atomic E-state index is 13.0. The first-order valence-corrected chi connectivity index (χ1v) is 10.4. The highest BCUT2D eigenvalue weighted by Crippen LogP contribution is 2.38. The average Bonchev–Trinajstić information content (AvgIpc) is 3.23. The zero-order valence-corrected chi connectivity index (χ0v) is 16.3. The highest BCUT2D eigenvalue weighted by atomic mass is 32.1. The molecule has 142 valence electrons. The van der Waals surface area contributed by atoms with E-state index in [1.807, 2.05) is 4.90 Å². The molecular formula is C19H27N3O3S. The number of thiazole rings is 1. The molecule has 0 radical (unpaired) electrons. The molecule has 2 fully saturated rings. The van der Waals surface area contributed by atoms with Crippen LogP contribution >= 0.6 is 11.3 Å². The van der Waals surface area contributed by atoms with Gasteiger partial charge in [0.15, 0.2) is 5.01 Å². The fourth-order valence-corrected chi connectivity index (χ4v) is 5.95. The van der Waals surface area contributed by atoms with Crippen molar-refractivity contribution < 1.29 is 14.3 Å². The van der Waals surface area contributed by atoms with Gasteiger partial charge in [0.25, 0.3) is 5.91 Å². The van der Waals surface area contributed by atoms with Crippen LogP contribution in [0.3, 0.4) is 0 Å². The quantitative estimate of drug-likeness (QED) is 0.875. The number of fused-ring (bicyclic) bond motifs is 2. The van der Waals surface area contributed by atoms with Crippen LogP contribution < -0.4 is 5.32 Å². The van der Waals surface area contributed by atoms with Gasteiger partial charge >= 0.3 is 0 Å². The minimum atomic E-state index is -0.0187. The second kappa shape index (κ2) is 7.27. The Morgan fingerprint density at radius 3 is 2.62 bits per heavy atom. The zero-order chi connectivity index (χ0) is 18.3. The van der Waals surface area contributed by atoms with Crippen LogP contribution in [0.25, 0.3) is 0 Å². The monoisotopic (exact) mass is 377 g/mol. The van der Waals surface area contributed by atoms with E-state index >= 15 is 0 Å². The molecule has 0 aromatic carbocycles. The van der Waals surface area contributed by atoms with Gasteiger partial charge in [0.05, 0.1) is 17.8 Å². The highest BCUT2D eigenvalue weighted by molar-refractivity contribution is 7.13. The summed E-state index contributed by atoms with van der Waals surface area (Å²) in [5.74, 6) is 0.943. The van der Waals surface area contributed by atoms with Crippen molar-refractivity contribution in [2.24, 2.45) is 11.8 Å². The summed E-state index contributed by atoms with van der Waals surface area (Å²) in [6.45, 7) is 3.09. The molecule has 1 aliphatic heterocycles. The zero-order valence-electron chi connectivity index (χ0n) is 15.5. The number of hydrogen-bond acceptors (Lipinski definition) is 5. The fraction of sp³-hybridized carbons (Fsp3) is 0.737. The second-order valence-corrected chi connectivity index (χ2v) is 8.96. The van der Waals surface area contributed by atoms with Gasteiger partial charge in [-0.2, -0.15) is 0 Å². The van der Waals surface area contributed by atoms with Crippen molar-refractivity contribution in [1.82, 2.24) is 15.2 Å². The standard InChI is InChI=1S/C19H27N3O3S/c1-11(23)20-15-7-12-9-22(10-13(12)8-16(15)25-2)19(24)18-21-14-5-3-4-6-17(14)26-18/h12-13,15-16H,3-10H2,1-2H3,(H,20,23)/t12-,13+,15-,16-/m1/s1. The lowest BCUT2D eigenvalue weighted by Gasteiger charge is -2.37. The number of rotatable bonds is 3.